The smallest absolute Gasteiger partial charge is 0.0961 e. The first-order valence-electron chi connectivity index (χ1n) is 11.8. The molecule has 0 aliphatic rings. The van der Waals surface area contributed by atoms with Gasteiger partial charge in [0.1, 0.15) is 0 Å². The summed E-state index contributed by atoms with van der Waals surface area (Å²) in [5.74, 6) is 0. The normalized spacial score (nSPS) is 10.4. The molecule has 0 aromatic heterocycles. The monoisotopic (exact) mass is 446 g/mol. The van der Waals surface area contributed by atoms with E-state index in [-0.39, 0.29) is 0 Å². The first kappa shape index (κ1) is 25.5. The van der Waals surface area contributed by atoms with Crippen LogP contribution in [0.3, 0.4) is 0 Å². The van der Waals surface area contributed by atoms with E-state index in [0.717, 1.165) is 0 Å². The Morgan fingerprint density at radius 1 is 0.806 bits per heavy atom. The molecule has 0 nitrogen and oxygen atoms in total. The van der Waals surface area contributed by atoms with Crippen LogP contribution < -0.4 is 0 Å². The first-order valence-corrected chi connectivity index (χ1v) is 12.5. The minimum atomic E-state index is 1.20. The minimum absolute atomic E-state index is 1.20. The van der Waals surface area contributed by atoms with Crippen molar-refractivity contribution in [1.82, 2.24) is 0 Å². The largest absolute Gasteiger partial charge is 0.211 e. The molecule has 162 valence electrons. The zero-order valence-corrected chi connectivity index (χ0v) is 21.7. The summed E-state index contributed by atoms with van der Waals surface area (Å²) in [6.45, 7) is 10.8. The van der Waals surface area contributed by atoms with Crippen molar-refractivity contribution in [1.29, 1.82) is 0 Å². The Morgan fingerprint density at radius 3 is 1.61 bits per heavy atom. The topological polar surface area (TPSA) is 0 Å². The van der Waals surface area contributed by atoms with Gasteiger partial charge in [-0.25, -0.2) is 11.6 Å². The Balaban J connectivity index is 0.000000283. The molecular weight excluding hydrogens is 408 g/mol. The van der Waals surface area contributed by atoms with Gasteiger partial charge in [0.15, 0.2) is 0 Å². The summed E-state index contributed by atoms with van der Waals surface area (Å²) in [5.41, 5.74) is 4.30. The molecule has 0 amide bonds. The van der Waals surface area contributed by atoms with E-state index in [9.17, 15) is 0 Å². The zero-order valence-electron chi connectivity index (χ0n) is 20.1. The van der Waals surface area contributed by atoms with Gasteiger partial charge < -0.3 is 0 Å². The summed E-state index contributed by atoms with van der Waals surface area (Å²) < 4.78 is 1.42. The SMILES string of the molecule is CCCCc1ccc2c(c1)[cH-]c1cc(CCCC)ccc12.C[C](C)=[Ti+2].Cc1cc[cH-]c1. The van der Waals surface area contributed by atoms with Gasteiger partial charge in [-0.1, -0.05) is 81.8 Å². The Kier molecular flexibility index (Phi) is 11.2. The molecule has 0 atom stereocenters. The van der Waals surface area contributed by atoms with E-state index in [2.05, 4.69) is 109 Å². The molecule has 0 spiro atoms. The summed E-state index contributed by atoms with van der Waals surface area (Å²) in [5, 5.41) is 5.64. The van der Waals surface area contributed by atoms with Crippen LogP contribution in [0.15, 0.2) is 66.7 Å². The molecule has 0 saturated carbocycles. The van der Waals surface area contributed by atoms with Gasteiger partial charge in [0.25, 0.3) is 0 Å². The molecule has 4 rings (SSSR count). The molecular formula is C30H38Ti. The first-order chi connectivity index (χ1) is 14.9. The second-order valence-electron chi connectivity index (χ2n) is 8.66. The summed E-state index contributed by atoms with van der Waals surface area (Å²) in [6, 6.07) is 24.6. The van der Waals surface area contributed by atoms with Crippen molar-refractivity contribution in [2.75, 3.05) is 0 Å². The maximum absolute atomic E-state index is 2.39. The number of aryl methyl sites for hydroxylation is 3. The number of unbranched alkanes of at least 4 members (excludes halogenated alkanes) is 2. The molecule has 0 radical (unpaired) electrons. The number of hydrogen-bond acceptors (Lipinski definition) is 0. The molecule has 31 heavy (non-hydrogen) atoms. The van der Waals surface area contributed by atoms with Crippen LogP contribution in [0.1, 0.15) is 70.1 Å². The molecule has 0 saturated heterocycles. The van der Waals surface area contributed by atoms with Gasteiger partial charge >= 0.3 is 37.6 Å². The van der Waals surface area contributed by atoms with Crippen LogP contribution in [0.2, 0.25) is 0 Å². The van der Waals surface area contributed by atoms with Gasteiger partial charge in [0, 0.05) is 0 Å². The predicted molar refractivity (Wildman–Crippen MR) is 137 cm³/mol. The van der Waals surface area contributed by atoms with Gasteiger partial charge in [0.05, 0.1) is 0 Å². The number of fused-ring (bicyclic) bond motifs is 3. The maximum atomic E-state index is 2.39. The van der Waals surface area contributed by atoms with Crippen LogP contribution >= 0.6 is 0 Å². The van der Waals surface area contributed by atoms with Crippen molar-refractivity contribution >= 4 is 25.4 Å². The molecule has 4 aromatic carbocycles. The van der Waals surface area contributed by atoms with Crippen molar-refractivity contribution in [3.8, 4) is 0 Å². The average Bonchev–Trinajstić information content (AvgIpc) is 3.36. The van der Waals surface area contributed by atoms with E-state index in [1.165, 1.54) is 80.6 Å². The van der Waals surface area contributed by atoms with Crippen LogP contribution in [-0.4, -0.2) is 3.81 Å². The molecule has 0 N–H and O–H groups in total. The molecule has 0 aliphatic carbocycles. The van der Waals surface area contributed by atoms with Crippen LogP contribution in [0.25, 0.3) is 21.5 Å². The van der Waals surface area contributed by atoms with Crippen LogP contribution in [-0.2, 0) is 32.8 Å². The van der Waals surface area contributed by atoms with Gasteiger partial charge in [0.2, 0.25) is 0 Å². The quantitative estimate of drug-likeness (QED) is 0.205. The van der Waals surface area contributed by atoms with E-state index >= 15 is 0 Å². The third-order valence-electron chi connectivity index (χ3n) is 5.30. The molecule has 4 aromatic rings. The Bertz CT molecular complexity index is 981. The summed E-state index contributed by atoms with van der Waals surface area (Å²) in [7, 11) is 0. The fourth-order valence-electron chi connectivity index (χ4n) is 3.66. The Morgan fingerprint density at radius 2 is 1.29 bits per heavy atom. The minimum Gasteiger partial charge on any atom is -0.211 e. The van der Waals surface area contributed by atoms with E-state index < -0.39 is 0 Å². The number of hydrogen-bond donors (Lipinski definition) is 0. The van der Waals surface area contributed by atoms with Crippen molar-refractivity contribution in [3.63, 3.8) is 0 Å². The van der Waals surface area contributed by atoms with E-state index in [0.29, 0.717) is 0 Å². The number of benzene rings is 2. The summed E-state index contributed by atoms with van der Waals surface area (Å²) in [4.78, 5) is 0. The maximum Gasteiger partial charge on any atom is -0.0961 e. The van der Waals surface area contributed by atoms with Crippen LogP contribution in [0.4, 0.5) is 0 Å². The zero-order chi connectivity index (χ0) is 22.6. The molecule has 0 heterocycles. The van der Waals surface area contributed by atoms with Gasteiger partial charge in [-0.3, -0.25) is 0 Å². The standard InChI is InChI=1S/C21H25.C6H7.C3H6.Ti/c1-3-5-7-16-9-11-20-18(13-16)15-19-14-17(8-6-4-2)10-12-21(19)20;1-6-4-2-3-5-6;1-3-2;/h9-15H,3-8H2,1-2H3;2-5H,1H3;1-2H3;/q2*-1;;+2. The van der Waals surface area contributed by atoms with Gasteiger partial charge in [-0.2, -0.15) is 18.2 Å². The van der Waals surface area contributed by atoms with Crippen molar-refractivity contribution in [2.45, 2.75) is 73.1 Å². The Hall–Kier alpha value is -1.76. The summed E-state index contributed by atoms with van der Waals surface area (Å²) in [6.07, 6.45) is 7.51. The fraction of sp³-hybridized carbons (Fsp3) is 0.367. The van der Waals surface area contributed by atoms with Gasteiger partial charge in [-0.15, -0.1) is 39.7 Å². The third kappa shape index (κ3) is 8.72. The van der Waals surface area contributed by atoms with E-state index in [1.807, 2.05) is 12.1 Å². The number of rotatable bonds is 6. The van der Waals surface area contributed by atoms with E-state index in [1.54, 1.807) is 0 Å². The molecule has 0 unspecified atom stereocenters. The molecule has 0 bridgehead atoms. The third-order valence-corrected chi connectivity index (χ3v) is 5.30. The van der Waals surface area contributed by atoms with Gasteiger partial charge in [-0.05, 0) is 12.8 Å². The molecule has 0 aliphatic heterocycles. The van der Waals surface area contributed by atoms with Crippen molar-refractivity contribution < 1.29 is 20.0 Å². The van der Waals surface area contributed by atoms with Crippen LogP contribution in [0.5, 0.6) is 0 Å². The molecule has 1 heteroatoms. The van der Waals surface area contributed by atoms with Crippen molar-refractivity contribution in [2.24, 2.45) is 0 Å². The van der Waals surface area contributed by atoms with Crippen molar-refractivity contribution in [3.05, 3.63) is 83.4 Å². The molecule has 0 fully saturated rings. The Labute approximate surface area is 201 Å². The fourth-order valence-corrected chi connectivity index (χ4v) is 3.66. The second-order valence-corrected chi connectivity index (χ2v) is 10.2. The predicted octanol–water partition coefficient (Wildman–Crippen LogP) is 8.86. The summed E-state index contributed by atoms with van der Waals surface area (Å²) >= 11 is 2.08. The van der Waals surface area contributed by atoms with Crippen LogP contribution in [0, 0.1) is 6.92 Å². The van der Waals surface area contributed by atoms with E-state index in [4.69, 9.17) is 0 Å². The second kappa shape index (κ2) is 13.6. The average molecular weight is 447 g/mol.